The minimum Gasteiger partial charge on any atom is -0.495 e. The number of benzene rings is 2. The van der Waals surface area contributed by atoms with Crippen molar-refractivity contribution in [3.05, 3.63) is 53.6 Å². The molecule has 1 N–H and O–H groups in total. The average Bonchev–Trinajstić information content (AvgIpc) is 2.67. The fraction of sp³-hybridized carbons (Fsp3) is 0.409. The summed E-state index contributed by atoms with van der Waals surface area (Å²) in [7, 11) is -2.02. The van der Waals surface area contributed by atoms with Gasteiger partial charge in [0.15, 0.2) is 0 Å². The number of nitrogens with zero attached hydrogens (tertiary/aromatic N) is 1. The van der Waals surface area contributed by atoms with E-state index < -0.39 is 10.0 Å². The Morgan fingerprint density at radius 1 is 1.10 bits per heavy atom. The maximum absolute atomic E-state index is 12.3. The fourth-order valence-electron chi connectivity index (χ4n) is 3.00. The molecule has 30 heavy (non-hydrogen) atoms. The second kappa shape index (κ2) is 10.9. The molecule has 0 aliphatic carbocycles. The third kappa shape index (κ3) is 7.26. The first-order valence-corrected chi connectivity index (χ1v) is 11.6. The van der Waals surface area contributed by atoms with Gasteiger partial charge in [-0.15, -0.1) is 0 Å². The standard InChI is InChI=1S/C22H30N2O5S/c1-17-7-5-8-19(15-17)29-14-12-23-22(25)9-6-13-24(30(4,26)27)20-16-18(2)10-11-21(20)28-3/h5,7-8,10-11,15-16H,6,9,12-14H2,1-4H3,(H,23,25). The average molecular weight is 435 g/mol. The molecule has 0 fully saturated rings. The Kier molecular flexibility index (Phi) is 8.53. The van der Waals surface area contributed by atoms with Crippen LogP contribution in [0.5, 0.6) is 11.5 Å². The van der Waals surface area contributed by atoms with Crippen molar-refractivity contribution in [1.29, 1.82) is 0 Å². The molecule has 0 heterocycles. The van der Waals surface area contributed by atoms with Gasteiger partial charge in [0.2, 0.25) is 15.9 Å². The molecule has 0 bridgehead atoms. The van der Waals surface area contributed by atoms with Crippen molar-refractivity contribution in [3.63, 3.8) is 0 Å². The third-order valence-electron chi connectivity index (χ3n) is 4.45. The number of rotatable bonds is 11. The Labute approximate surface area is 179 Å². The number of carbonyl (C=O) groups is 1. The van der Waals surface area contributed by atoms with Crippen LogP contribution in [0.25, 0.3) is 0 Å². The summed E-state index contributed by atoms with van der Waals surface area (Å²) in [4.78, 5) is 12.1. The quantitative estimate of drug-likeness (QED) is 0.550. The number of hydrogen-bond acceptors (Lipinski definition) is 5. The lowest BCUT2D eigenvalue weighted by atomic mass is 10.2. The van der Waals surface area contributed by atoms with Gasteiger partial charge in [0.1, 0.15) is 18.1 Å². The molecule has 0 atom stereocenters. The van der Waals surface area contributed by atoms with E-state index in [-0.39, 0.29) is 18.9 Å². The van der Waals surface area contributed by atoms with Gasteiger partial charge < -0.3 is 14.8 Å². The number of anilines is 1. The normalized spacial score (nSPS) is 11.1. The molecule has 0 unspecified atom stereocenters. The summed E-state index contributed by atoms with van der Waals surface area (Å²) in [6.45, 7) is 4.81. The Hall–Kier alpha value is -2.74. The van der Waals surface area contributed by atoms with E-state index >= 15 is 0 Å². The van der Waals surface area contributed by atoms with Gasteiger partial charge in [-0.2, -0.15) is 0 Å². The van der Waals surface area contributed by atoms with E-state index in [2.05, 4.69) is 5.32 Å². The molecule has 0 saturated carbocycles. The Morgan fingerprint density at radius 2 is 1.83 bits per heavy atom. The zero-order chi connectivity index (χ0) is 22.1. The highest BCUT2D eigenvalue weighted by molar-refractivity contribution is 7.92. The van der Waals surface area contributed by atoms with E-state index in [1.807, 2.05) is 44.2 Å². The van der Waals surface area contributed by atoms with E-state index in [1.165, 1.54) is 11.4 Å². The highest BCUT2D eigenvalue weighted by atomic mass is 32.2. The Morgan fingerprint density at radius 3 is 2.50 bits per heavy atom. The van der Waals surface area contributed by atoms with E-state index in [4.69, 9.17) is 9.47 Å². The highest BCUT2D eigenvalue weighted by Gasteiger charge is 2.21. The number of sulfonamides is 1. The zero-order valence-electron chi connectivity index (χ0n) is 18.0. The highest BCUT2D eigenvalue weighted by Crippen LogP contribution is 2.31. The van der Waals surface area contributed by atoms with Crippen LogP contribution in [0.2, 0.25) is 0 Å². The van der Waals surface area contributed by atoms with E-state index in [1.54, 1.807) is 12.1 Å². The van der Waals surface area contributed by atoms with Crippen molar-refractivity contribution in [3.8, 4) is 11.5 Å². The SMILES string of the molecule is COc1ccc(C)cc1N(CCCC(=O)NCCOc1cccc(C)c1)S(C)(=O)=O. The second-order valence-electron chi connectivity index (χ2n) is 7.13. The van der Waals surface area contributed by atoms with Crippen molar-refractivity contribution < 1.29 is 22.7 Å². The summed E-state index contributed by atoms with van der Waals surface area (Å²) >= 11 is 0. The van der Waals surface area contributed by atoms with Crippen molar-refractivity contribution in [2.45, 2.75) is 26.7 Å². The molecule has 2 rings (SSSR count). The first-order chi connectivity index (χ1) is 14.2. The van der Waals surface area contributed by atoms with Crippen LogP contribution in [0.15, 0.2) is 42.5 Å². The number of nitrogens with one attached hydrogen (secondary N) is 1. The van der Waals surface area contributed by atoms with Crippen LogP contribution in [-0.2, 0) is 14.8 Å². The molecular formula is C22H30N2O5S. The lowest BCUT2D eigenvalue weighted by Gasteiger charge is -2.24. The van der Waals surface area contributed by atoms with Crippen molar-refractivity contribution in [2.75, 3.05) is 37.4 Å². The van der Waals surface area contributed by atoms with Gasteiger partial charge in [-0.1, -0.05) is 18.2 Å². The van der Waals surface area contributed by atoms with Crippen molar-refractivity contribution in [2.24, 2.45) is 0 Å². The van der Waals surface area contributed by atoms with Crippen LogP contribution in [0, 0.1) is 13.8 Å². The Bertz CT molecular complexity index is 960. The van der Waals surface area contributed by atoms with Crippen LogP contribution in [-0.4, -0.2) is 47.4 Å². The van der Waals surface area contributed by atoms with Gasteiger partial charge in [0.25, 0.3) is 0 Å². The molecule has 0 aliphatic heterocycles. The topological polar surface area (TPSA) is 84.9 Å². The van der Waals surface area contributed by atoms with Crippen LogP contribution in [0.3, 0.4) is 0 Å². The van der Waals surface area contributed by atoms with Crippen molar-refractivity contribution in [1.82, 2.24) is 5.32 Å². The number of hydrogen-bond donors (Lipinski definition) is 1. The summed E-state index contributed by atoms with van der Waals surface area (Å²) < 4.78 is 36.8. The number of carbonyl (C=O) groups excluding carboxylic acids is 1. The van der Waals surface area contributed by atoms with Crippen LogP contribution in [0.1, 0.15) is 24.0 Å². The molecule has 0 aliphatic rings. The molecule has 0 spiro atoms. The summed E-state index contributed by atoms with van der Waals surface area (Å²) in [6.07, 6.45) is 1.75. The smallest absolute Gasteiger partial charge is 0.232 e. The van der Waals surface area contributed by atoms with E-state index in [0.717, 1.165) is 23.1 Å². The molecule has 2 aromatic carbocycles. The summed E-state index contributed by atoms with van der Waals surface area (Å²) in [5.41, 5.74) is 2.51. The fourth-order valence-corrected chi connectivity index (χ4v) is 3.96. The molecular weight excluding hydrogens is 404 g/mol. The van der Waals surface area contributed by atoms with Gasteiger partial charge in [0, 0.05) is 13.0 Å². The minimum absolute atomic E-state index is 0.146. The molecule has 1 amide bonds. The molecule has 0 saturated heterocycles. The number of methoxy groups -OCH3 is 1. The summed E-state index contributed by atoms with van der Waals surface area (Å²) in [5, 5.41) is 2.79. The van der Waals surface area contributed by atoms with E-state index in [0.29, 0.717) is 31.0 Å². The molecule has 7 nitrogen and oxygen atoms in total. The van der Waals surface area contributed by atoms with Crippen molar-refractivity contribution >= 4 is 21.6 Å². The van der Waals surface area contributed by atoms with Gasteiger partial charge in [-0.05, 0) is 55.7 Å². The van der Waals surface area contributed by atoms with Gasteiger partial charge >= 0.3 is 0 Å². The lowest BCUT2D eigenvalue weighted by molar-refractivity contribution is -0.121. The Balaban J connectivity index is 1.84. The first kappa shape index (κ1) is 23.5. The van der Waals surface area contributed by atoms with Crippen LogP contribution < -0.4 is 19.1 Å². The van der Waals surface area contributed by atoms with Crippen LogP contribution >= 0.6 is 0 Å². The largest absolute Gasteiger partial charge is 0.495 e. The predicted octanol–water partition coefficient (Wildman–Crippen LogP) is 3.05. The zero-order valence-corrected chi connectivity index (χ0v) is 18.8. The molecule has 0 radical (unpaired) electrons. The van der Waals surface area contributed by atoms with Gasteiger partial charge in [-0.25, -0.2) is 8.42 Å². The molecule has 164 valence electrons. The number of amides is 1. The molecule has 8 heteroatoms. The second-order valence-corrected chi connectivity index (χ2v) is 9.04. The van der Waals surface area contributed by atoms with Gasteiger partial charge in [0.05, 0.1) is 25.6 Å². The molecule has 2 aromatic rings. The number of aryl methyl sites for hydroxylation is 2. The third-order valence-corrected chi connectivity index (χ3v) is 5.63. The minimum atomic E-state index is -3.52. The maximum atomic E-state index is 12.3. The van der Waals surface area contributed by atoms with Crippen LogP contribution in [0.4, 0.5) is 5.69 Å². The summed E-state index contributed by atoms with van der Waals surface area (Å²) in [5.74, 6) is 1.09. The summed E-state index contributed by atoms with van der Waals surface area (Å²) in [6, 6.07) is 13.1. The first-order valence-electron chi connectivity index (χ1n) is 9.79. The predicted molar refractivity (Wildman–Crippen MR) is 119 cm³/mol. The number of ether oxygens (including phenoxy) is 2. The molecule has 0 aromatic heterocycles. The lowest BCUT2D eigenvalue weighted by Crippen LogP contribution is -2.33. The van der Waals surface area contributed by atoms with Gasteiger partial charge in [-0.3, -0.25) is 9.10 Å². The van der Waals surface area contributed by atoms with E-state index in [9.17, 15) is 13.2 Å². The maximum Gasteiger partial charge on any atom is 0.232 e. The monoisotopic (exact) mass is 434 g/mol.